The second-order valence-electron chi connectivity index (χ2n) is 7.71. The number of nitrogens with one attached hydrogen (secondary N) is 1. The van der Waals surface area contributed by atoms with E-state index in [0.29, 0.717) is 6.54 Å². The first-order valence-electron chi connectivity index (χ1n) is 9.76. The van der Waals surface area contributed by atoms with Crippen molar-refractivity contribution in [1.29, 1.82) is 0 Å². The Hall–Kier alpha value is -1.59. The number of urea groups is 1. The van der Waals surface area contributed by atoms with Gasteiger partial charge < -0.3 is 15.3 Å². The fourth-order valence-corrected chi connectivity index (χ4v) is 4.86. The zero-order valence-electron chi connectivity index (χ0n) is 14.9. The van der Waals surface area contributed by atoms with Crippen LogP contribution in [0.5, 0.6) is 0 Å². The molecule has 0 bridgehead atoms. The third-order valence-corrected chi connectivity index (χ3v) is 6.23. The van der Waals surface area contributed by atoms with Crippen molar-refractivity contribution >= 4 is 6.03 Å². The number of aliphatic hydroxyl groups is 1. The van der Waals surface area contributed by atoms with E-state index < -0.39 is 0 Å². The van der Waals surface area contributed by atoms with Crippen LogP contribution in [0.25, 0.3) is 0 Å². The minimum atomic E-state index is -0.225. The summed E-state index contributed by atoms with van der Waals surface area (Å²) in [6.45, 7) is 2.73. The molecule has 1 aliphatic carbocycles. The Morgan fingerprint density at radius 2 is 1.96 bits per heavy atom. The number of hydrogen-bond acceptors (Lipinski definition) is 3. The molecule has 1 aromatic carbocycles. The number of aliphatic hydroxyl groups excluding tert-OH is 1. The number of benzene rings is 1. The highest BCUT2D eigenvalue weighted by Crippen LogP contribution is 2.30. The SMILES string of the molecule is O=C(NC1CCN(C2CCCC2)C1)N1CCc2ccccc2C1CO. The average Bonchev–Trinajstić information content (AvgIpc) is 3.32. The van der Waals surface area contributed by atoms with Crippen LogP contribution < -0.4 is 5.32 Å². The van der Waals surface area contributed by atoms with Crippen LogP contribution in [0.4, 0.5) is 4.79 Å². The minimum Gasteiger partial charge on any atom is -0.394 e. The first-order valence-corrected chi connectivity index (χ1v) is 9.76. The zero-order chi connectivity index (χ0) is 17.2. The molecule has 2 amide bonds. The van der Waals surface area contributed by atoms with Gasteiger partial charge in [-0.1, -0.05) is 37.1 Å². The molecular weight excluding hydrogens is 314 g/mol. The van der Waals surface area contributed by atoms with E-state index in [0.717, 1.165) is 37.5 Å². The van der Waals surface area contributed by atoms with Gasteiger partial charge in [0.05, 0.1) is 12.6 Å². The van der Waals surface area contributed by atoms with Gasteiger partial charge in [0, 0.05) is 31.7 Å². The van der Waals surface area contributed by atoms with Gasteiger partial charge in [0.2, 0.25) is 0 Å². The van der Waals surface area contributed by atoms with Crippen molar-refractivity contribution in [1.82, 2.24) is 15.1 Å². The molecule has 4 rings (SSSR count). The topological polar surface area (TPSA) is 55.8 Å². The van der Waals surface area contributed by atoms with E-state index in [1.807, 2.05) is 23.1 Å². The Balaban J connectivity index is 1.38. The smallest absolute Gasteiger partial charge is 0.318 e. The largest absolute Gasteiger partial charge is 0.394 e. The van der Waals surface area contributed by atoms with Crippen LogP contribution in [-0.4, -0.2) is 59.3 Å². The quantitative estimate of drug-likeness (QED) is 0.885. The van der Waals surface area contributed by atoms with E-state index in [4.69, 9.17) is 0 Å². The van der Waals surface area contributed by atoms with Crippen LogP contribution in [0.15, 0.2) is 24.3 Å². The number of carbonyl (C=O) groups is 1. The normalized spacial score (nSPS) is 27.5. The predicted octanol–water partition coefficient (Wildman–Crippen LogP) is 2.30. The average molecular weight is 343 g/mol. The van der Waals surface area contributed by atoms with Crippen LogP contribution in [0, 0.1) is 0 Å². The van der Waals surface area contributed by atoms with E-state index in [9.17, 15) is 9.90 Å². The first kappa shape index (κ1) is 16.9. The van der Waals surface area contributed by atoms with Crippen molar-refractivity contribution in [2.45, 2.75) is 56.7 Å². The number of amides is 2. The Bertz CT molecular complexity index is 615. The molecule has 1 saturated carbocycles. The summed E-state index contributed by atoms with van der Waals surface area (Å²) >= 11 is 0. The van der Waals surface area contributed by atoms with Crippen molar-refractivity contribution in [2.75, 3.05) is 26.2 Å². The van der Waals surface area contributed by atoms with Gasteiger partial charge >= 0.3 is 6.03 Å². The molecule has 1 saturated heterocycles. The number of carbonyl (C=O) groups excluding carboxylic acids is 1. The summed E-state index contributed by atoms with van der Waals surface area (Å²) in [5.41, 5.74) is 2.34. The zero-order valence-corrected chi connectivity index (χ0v) is 14.9. The predicted molar refractivity (Wildman–Crippen MR) is 97.4 cm³/mol. The van der Waals surface area contributed by atoms with Crippen molar-refractivity contribution < 1.29 is 9.90 Å². The van der Waals surface area contributed by atoms with E-state index in [1.165, 1.54) is 31.2 Å². The van der Waals surface area contributed by atoms with Gasteiger partial charge in [-0.15, -0.1) is 0 Å². The molecule has 2 unspecified atom stereocenters. The summed E-state index contributed by atoms with van der Waals surface area (Å²) in [5.74, 6) is 0. The highest BCUT2D eigenvalue weighted by atomic mass is 16.3. The van der Waals surface area contributed by atoms with Crippen LogP contribution in [0.3, 0.4) is 0 Å². The second kappa shape index (κ2) is 7.34. The molecule has 3 aliphatic rings. The maximum absolute atomic E-state index is 12.8. The molecule has 5 heteroatoms. The second-order valence-corrected chi connectivity index (χ2v) is 7.71. The summed E-state index contributed by atoms with van der Waals surface area (Å²) < 4.78 is 0. The summed E-state index contributed by atoms with van der Waals surface area (Å²) in [5, 5.41) is 13.1. The van der Waals surface area contributed by atoms with Gasteiger partial charge in [-0.3, -0.25) is 4.90 Å². The van der Waals surface area contributed by atoms with Gasteiger partial charge in [-0.2, -0.15) is 0 Å². The van der Waals surface area contributed by atoms with Gasteiger partial charge in [-0.25, -0.2) is 4.79 Å². The van der Waals surface area contributed by atoms with Gasteiger partial charge in [-0.05, 0) is 36.8 Å². The molecule has 2 N–H and O–H groups in total. The molecule has 136 valence electrons. The van der Waals surface area contributed by atoms with E-state index in [-0.39, 0.29) is 24.7 Å². The molecule has 0 spiro atoms. The molecule has 5 nitrogen and oxygen atoms in total. The fourth-order valence-electron chi connectivity index (χ4n) is 4.86. The fraction of sp³-hybridized carbons (Fsp3) is 0.650. The van der Waals surface area contributed by atoms with Gasteiger partial charge in [0.15, 0.2) is 0 Å². The highest BCUT2D eigenvalue weighted by molar-refractivity contribution is 5.75. The number of nitrogens with zero attached hydrogens (tertiary/aromatic N) is 2. The first-order chi connectivity index (χ1) is 12.3. The van der Waals surface area contributed by atoms with Crippen molar-refractivity contribution in [3.8, 4) is 0 Å². The van der Waals surface area contributed by atoms with Crippen molar-refractivity contribution in [2.24, 2.45) is 0 Å². The number of hydrogen-bond donors (Lipinski definition) is 2. The Labute approximate surface area is 150 Å². The van der Waals surface area contributed by atoms with E-state index >= 15 is 0 Å². The summed E-state index contributed by atoms with van der Waals surface area (Å²) in [6.07, 6.45) is 7.23. The Morgan fingerprint density at radius 1 is 1.16 bits per heavy atom. The van der Waals surface area contributed by atoms with Crippen LogP contribution >= 0.6 is 0 Å². The lowest BCUT2D eigenvalue weighted by Crippen LogP contribution is -2.50. The third-order valence-electron chi connectivity index (χ3n) is 6.23. The highest BCUT2D eigenvalue weighted by Gasteiger charge is 2.34. The summed E-state index contributed by atoms with van der Waals surface area (Å²) in [4.78, 5) is 17.2. The summed E-state index contributed by atoms with van der Waals surface area (Å²) in [6, 6.07) is 8.87. The molecule has 2 heterocycles. The molecule has 2 aliphatic heterocycles. The van der Waals surface area contributed by atoms with E-state index in [1.54, 1.807) is 0 Å². The van der Waals surface area contributed by atoms with Gasteiger partial charge in [0.1, 0.15) is 0 Å². The maximum atomic E-state index is 12.8. The minimum absolute atomic E-state index is 0.0215. The van der Waals surface area contributed by atoms with Crippen LogP contribution in [-0.2, 0) is 6.42 Å². The molecule has 2 atom stereocenters. The van der Waals surface area contributed by atoms with Gasteiger partial charge in [0.25, 0.3) is 0 Å². The molecule has 0 radical (unpaired) electrons. The molecular formula is C20H29N3O2. The monoisotopic (exact) mass is 343 g/mol. The molecule has 25 heavy (non-hydrogen) atoms. The Morgan fingerprint density at radius 3 is 2.76 bits per heavy atom. The summed E-state index contributed by atoms with van der Waals surface area (Å²) in [7, 11) is 0. The van der Waals surface area contributed by atoms with Crippen LogP contribution in [0.1, 0.15) is 49.3 Å². The Kier molecular flexibility index (Phi) is 4.95. The van der Waals surface area contributed by atoms with Crippen molar-refractivity contribution in [3.63, 3.8) is 0 Å². The van der Waals surface area contributed by atoms with Crippen molar-refractivity contribution in [3.05, 3.63) is 35.4 Å². The lowest BCUT2D eigenvalue weighted by molar-refractivity contribution is 0.124. The lowest BCUT2D eigenvalue weighted by atomic mass is 9.93. The third kappa shape index (κ3) is 3.40. The standard InChI is InChI=1S/C20H29N3O2/c24-14-19-18-8-4-1-5-15(18)9-12-23(19)20(25)21-16-10-11-22(13-16)17-6-2-3-7-17/h1,4-5,8,16-17,19,24H,2-3,6-7,9-14H2,(H,21,25). The molecule has 1 aromatic rings. The van der Waals surface area contributed by atoms with Crippen LogP contribution in [0.2, 0.25) is 0 Å². The maximum Gasteiger partial charge on any atom is 0.318 e. The lowest BCUT2D eigenvalue weighted by Gasteiger charge is -2.37. The molecule has 0 aromatic heterocycles. The number of fused-ring (bicyclic) bond motifs is 1. The number of rotatable bonds is 3. The molecule has 2 fully saturated rings. The van der Waals surface area contributed by atoms with E-state index in [2.05, 4.69) is 16.3 Å². The number of likely N-dealkylation sites (tertiary alicyclic amines) is 1.